The van der Waals surface area contributed by atoms with Crippen molar-refractivity contribution in [3.8, 4) is 17.2 Å². The van der Waals surface area contributed by atoms with E-state index in [1.807, 2.05) is 0 Å². The van der Waals surface area contributed by atoms with E-state index in [4.69, 9.17) is 14.2 Å². The van der Waals surface area contributed by atoms with E-state index in [1.165, 1.54) is 18.1 Å². The van der Waals surface area contributed by atoms with Crippen molar-refractivity contribution in [2.75, 3.05) is 53.1 Å². The van der Waals surface area contributed by atoms with Crippen molar-refractivity contribution < 1.29 is 34.0 Å². The van der Waals surface area contributed by atoms with Crippen molar-refractivity contribution in [2.45, 2.75) is 19.4 Å². The number of nitrogens with zero attached hydrogens (tertiary/aromatic N) is 2. The Balaban J connectivity index is 1.71. The highest BCUT2D eigenvalue weighted by atomic mass is 16.5. The molecule has 2 aromatic carbocycles. The van der Waals surface area contributed by atoms with Gasteiger partial charge in [-0.2, -0.15) is 0 Å². The van der Waals surface area contributed by atoms with Gasteiger partial charge < -0.3 is 29.3 Å². The predicted octanol–water partition coefficient (Wildman–Crippen LogP) is 2.94. The number of methoxy groups -OCH3 is 1. The monoisotopic (exact) mass is 496 g/mol. The number of aliphatic hydroxyl groups excluding tert-OH is 1. The van der Waals surface area contributed by atoms with Gasteiger partial charge in [-0.1, -0.05) is 6.07 Å². The second-order valence-corrected chi connectivity index (χ2v) is 8.69. The number of carbonyl (C=O) groups is 2. The molecule has 9 nitrogen and oxygen atoms in total. The van der Waals surface area contributed by atoms with Crippen LogP contribution in [0.3, 0.4) is 0 Å². The Morgan fingerprint density at radius 1 is 1.08 bits per heavy atom. The molecular formula is C27H32N2O7. The van der Waals surface area contributed by atoms with E-state index in [-0.39, 0.29) is 22.8 Å². The predicted molar refractivity (Wildman–Crippen MR) is 133 cm³/mol. The first-order valence-corrected chi connectivity index (χ1v) is 12.1. The second kappa shape index (κ2) is 11.5. The van der Waals surface area contributed by atoms with Crippen molar-refractivity contribution in [2.24, 2.45) is 0 Å². The van der Waals surface area contributed by atoms with Gasteiger partial charge in [-0.15, -0.1) is 0 Å². The van der Waals surface area contributed by atoms with Crippen molar-refractivity contribution in [1.82, 2.24) is 9.80 Å². The van der Waals surface area contributed by atoms with Crippen LogP contribution in [-0.4, -0.2) is 84.8 Å². The lowest BCUT2D eigenvalue weighted by Gasteiger charge is -2.29. The number of aromatic hydroxyl groups is 1. The smallest absolute Gasteiger partial charge is 0.295 e. The van der Waals surface area contributed by atoms with Gasteiger partial charge >= 0.3 is 0 Å². The van der Waals surface area contributed by atoms with Gasteiger partial charge in [0.25, 0.3) is 11.7 Å². The van der Waals surface area contributed by atoms with Crippen molar-refractivity contribution in [1.29, 1.82) is 0 Å². The van der Waals surface area contributed by atoms with Crippen LogP contribution in [-0.2, 0) is 14.3 Å². The minimum atomic E-state index is -0.823. The van der Waals surface area contributed by atoms with Gasteiger partial charge in [0.2, 0.25) is 0 Å². The zero-order valence-corrected chi connectivity index (χ0v) is 20.6. The summed E-state index contributed by atoms with van der Waals surface area (Å²) in [6.45, 7) is 6.25. The van der Waals surface area contributed by atoms with E-state index in [9.17, 15) is 19.8 Å². The van der Waals surface area contributed by atoms with E-state index in [0.717, 1.165) is 19.6 Å². The summed E-state index contributed by atoms with van der Waals surface area (Å²) in [5.41, 5.74) is 0.970. The molecule has 0 spiro atoms. The maximum Gasteiger partial charge on any atom is 0.295 e. The third-order valence-corrected chi connectivity index (χ3v) is 6.48. The number of ketones is 1. The fourth-order valence-electron chi connectivity index (χ4n) is 4.62. The number of carbonyl (C=O) groups excluding carboxylic acids is 2. The normalized spacial score (nSPS) is 20.1. The molecule has 1 atom stereocenters. The highest BCUT2D eigenvalue weighted by Crippen LogP contribution is 2.42. The molecule has 2 aliphatic heterocycles. The number of amides is 1. The standard InChI is InChI=1S/C27H32N2O7/c1-3-36-22-17-19(7-10-21(22)30)24-23(25(31)18-5-8-20(34-2)9-6-18)26(32)27(33)29(24)12-4-11-28-13-15-35-16-14-28/h5-10,17,24,30-31H,3-4,11-16H2,1-2H3/b25-23+. The number of Topliss-reactive ketones (excluding diaryl/α,β-unsaturated/α-hetero) is 1. The first kappa shape index (κ1) is 25.5. The number of benzene rings is 2. The fraction of sp³-hybridized carbons (Fsp3) is 0.407. The summed E-state index contributed by atoms with van der Waals surface area (Å²) in [5, 5.41) is 21.4. The summed E-state index contributed by atoms with van der Waals surface area (Å²) in [6, 6.07) is 10.5. The molecule has 192 valence electrons. The maximum atomic E-state index is 13.2. The summed E-state index contributed by atoms with van der Waals surface area (Å²) in [6.07, 6.45) is 0.655. The van der Waals surface area contributed by atoms with E-state index < -0.39 is 17.7 Å². The van der Waals surface area contributed by atoms with Crippen LogP contribution in [0.1, 0.15) is 30.5 Å². The van der Waals surface area contributed by atoms with Crippen LogP contribution >= 0.6 is 0 Å². The van der Waals surface area contributed by atoms with Crippen LogP contribution < -0.4 is 9.47 Å². The SMILES string of the molecule is CCOc1cc(C2/C(=C(\O)c3ccc(OC)cc3)C(=O)C(=O)N2CCCN2CCOCC2)ccc1O. The van der Waals surface area contributed by atoms with Gasteiger partial charge in [-0.05, 0) is 55.3 Å². The van der Waals surface area contributed by atoms with Gasteiger partial charge in [0.05, 0.1) is 38.5 Å². The lowest BCUT2D eigenvalue weighted by atomic mass is 9.95. The highest BCUT2D eigenvalue weighted by molar-refractivity contribution is 6.46. The summed E-state index contributed by atoms with van der Waals surface area (Å²) in [7, 11) is 1.54. The van der Waals surface area contributed by atoms with Crippen LogP contribution in [0.5, 0.6) is 17.2 Å². The van der Waals surface area contributed by atoms with Crippen LogP contribution in [0, 0.1) is 0 Å². The summed E-state index contributed by atoms with van der Waals surface area (Å²) >= 11 is 0. The highest BCUT2D eigenvalue weighted by Gasteiger charge is 2.46. The lowest BCUT2D eigenvalue weighted by Crippen LogP contribution is -2.38. The van der Waals surface area contributed by atoms with Crippen LogP contribution in [0.25, 0.3) is 5.76 Å². The molecule has 9 heteroatoms. The average molecular weight is 497 g/mol. The average Bonchev–Trinajstić information content (AvgIpc) is 3.15. The number of ether oxygens (including phenoxy) is 3. The number of hydrogen-bond acceptors (Lipinski definition) is 8. The molecule has 2 aromatic rings. The molecule has 4 rings (SSSR count). The Hall–Kier alpha value is -3.56. The molecule has 2 saturated heterocycles. The Bertz CT molecular complexity index is 1120. The summed E-state index contributed by atoms with van der Waals surface area (Å²) in [5.74, 6) is -0.860. The van der Waals surface area contributed by atoms with E-state index >= 15 is 0 Å². The third-order valence-electron chi connectivity index (χ3n) is 6.48. The molecule has 0 aliphatic carbocycles. The molecular weight excluding hydrogens is 464 g/mol. The second-order valence-electron chi connectivity index (χ2n) is 8.69. The molecule has 0 aromatic heterocycles. The van der Waals surface area contributed by atoms with Crippen LogP contribution in [0.2, 0.25) is 0 Å². The Labute approximate surface area is 210 Å². The van der Waals surface area contributed by atoms with Crippen LogP contribution in [0.4, 0.5) is 0 Å². The zero-order valence-electron chi connectivity index (χ0n) is 20.6. The van der Waals surface area contributed by atoms with E-state index in [2.05, 4.69) is 4.90 Å². The largest absolute Gasteiger partial charge is 0.507 e. The van der Waals surface area contributed by atoms with Gasteiger partial charge in [-0.25, -0.2) is 0 Å². The molecule has 0 radical (unpaired) electrons. The molecule has 0 bridgehead atoms. The van der Waals surface area contributed by atoms with Crippen molar-refractivity contribution in [3.05, 3.63) is 59.2 Å². The quantitative estimate of drug-likeness (QED) is 0.310. The number of hydrogen-bond donors (Lipinski definition) is 2. The third kappa shape index (κ3) is 5.32. The number of morpholine rings is 1. The van der Waals surface area contributed by atoms with Gasteiger partial charge in [0.1, 0.15) is 11.5 Å². The molecule has 1 amide bonds. The molecule has 36 heavy (non-hydrogen) atoms. The fourth-order valence-corrected chi connectivity index (χ4v) is 4.62. The van der Waals surface area contributed by atoms with Gasteiger partial charge in [0, 0.05) is 31.7 Å². The van der Waals surface area contributed by atoms with E-state index in [0.29, 0.717) is 49.7 Å². The Morgan fingerprint density at radius 3 is 2.47 bits per heavy atom. The number of aliphatic hydroxyl groups is 1. The number of phenols is 1. The minimum Gasteiger partial charge on any atom is -0.507 e. The zero-order chi connectivity index (χ0) is 25.7. The lowest BCUT2D eigenvalue weighted by molar-refractivity contribution is -0.140. The number of phenolic OH excluding ortho intramolecular Hbond substituents is 1. The molecule has 2 aliphatic rings. The van der Waals surface area contributed by atoms with Gasteiger partial charge in [-0.3, -0.25) is 14.5 Å². The van der Waals surface area contributed by atoms with Crippen molar-refractivity contribution in [3.63, 3.8) is 0 Å². The van der Waals surface area contributed by atoms with E-state index in [1.54, 1.807) is 43.3 Å². The summed E-state index contributed by atoms with van der Waals surface area (Å²) in [4.78, 5) is 30.2. The van der Waals surface area contributed by atoms with Gasteiger partial charge in [0.15, 0.2) is 11.5 Å². The summed E-state index contributed by atoms with van der Waals surface area (Å²) < 4.78 is 16.1. The number of rotatable bonds is 9. The van der Waals surface area contributed by atoms with Crippen molar-refractivity contribution >= 4 is 17.4 Å². The topological polar surface area (TPSA) is 109 Å². The molecule has 0 saturated carbocycles. The Kier molecular flexibility index (Phi) is 8.12. The first-order chi connectivity index (χ1) is 17.4. The molecule has 2 N–H and O–H groups in total. The maximum absolute atomic E-state index is 13.2. The first-order valence-electron chi connectivity index (χ1n) is 12.1. The molecule has 1 unspecified atom stereocenters. The van der Waals surface area contributed by atoms with Crippen LogP contribution in [0.15, 0.2) is 48.0 Å². The minimum absolute atomic E-state index is 0.00433. The number of likely N-dealkylation sites (tertiary alicyclic amines) is 1. The molecule has 2 heterocycles. The Morgan fingerprint density at radius 2 is 1.81 bits per heavy atom. The molecule has 2 fully saturated rings.